The van der Waals surface area contributed by atoms with E-state index in [1.165, 1.54) is 5.54 Å². The molecule has 0 saturated carbocycles. The second-order valence-corrected chi connectivity index (χ2v) is 2.30. The fourth-order valence-corrected chi connectivity index (χ4v) is 0.378. The lowest BCUT2D eigenvalue weighted by Crippen LogP contribution is -1.82. The smallest absolute Gasteiger partial charge is 0.0319 e. The second kappa shape index (κ2) is 3.34. The largest absolute Gasteiger partial charge is 0.0917 e. The lowest BCUT2D eigenvalue weighted by atomic mass is 10.2. The molecule has 0 aliphatic heterocycles. The number of hydrogen-bond donors (Lipinski definition) is 0. The molecule has 0 aliphatic rings. The van der Waals surface area contributed by atoms with Gasteiger partial charge in [0, 0.05) is 10.6 Å². The molecule has 0 atom stereocenters. The van der Waals surface area contributed by atoms with E-state index < -0.39 is 0 Å². The lowest BCUT2D eigenvalue weighted by Gasteiger charge is -1.96. The third-order valence-electron chi connectivity index (χ3n) is 0.656. The van der Waals surface area contributed by atoms with Gasteiger partial charge in [-0.3, -0.25) is 0 Å². The van der Waals surface area contributed by atoms with Crippen molar-refractivity contribution in [3.8, 4) is 0 Å². The SMILES string of the molecule is CC(C)/C(Cl)=C\Cl. The molecule has 0 aliphatic carbocycles. The van der Waals surface area contributed by atoms with Crippen LogP contribution in [0.4, 0.5) is 0 Å². The Balaban J connectivity index is 3.56. The van der Waals surface area contributed by atoms with Crippen LogP contribution in [0.3, 0.4) is 0 Å². The average molecular weight is 139 g/mol. The molecule has 0 spiro atoms. The van der Waals surface area contributed by atoms with E-state index in [-0.39, 0.29) is 0 Å². The highest BCUT2D eigenvalue weighted by molar-refractivity contribution is 6.36. The van der Waals surface area contributed by atoms with E-state index in [1.807, 2.05) is 13.8 Å². The Morgan fingerprint density at radius 1 is 1.57 bits per heavy atom. The second-order valence-electron chi connectivity index (χ2n) is 1.65. The highest BCUT2D eigenvalue weighted by Crippen LogP contribution is 2.13. The Labute approximate surface area is 54.1 Å². The summed E-state index contributed by atoms with van der Waals surface area (Å²) in [4.78, 5) is 0. The van der Waals surface area contributed by atoms with E-state index in [0.29, 0.717) is 11.0 Å². The van der Waals surface area contributed by atoms with Crippen molar-refractivity contribution < 1.29 is 0 Å². The van der Waals surface area contributed by atoms with Gasteiger partial charge in [0.05, 0.1) is 0 Å². The Morgan fingerprint density at radius 3 is 2.00 bits per heavy atom. The Morgan fingerprint density at radius 2 is 2.00 bits per heavy atom. The molecule has 0 bridgehead atoms. The predicted molar refractivity (Wildman–Crippen MR) is 34.6 cm³/mol. The summed E-state index contributed by atoms with van der Waals surface area (Å²) in [5.74, 6) is 0.360. The molecule has 0 N–H and O–H groups in total. The van der Waals surface area contributed by atoms with Crippen LogP contribution in [0.1, 0.15) is 13.8 Å². The summed E-state index contributed by atoms with van der Waals surface area (Å²) >= 11 is 10.8. The summed E-state index contributed by atoms with van der Waals surface area (Å²) in [6, 6.07) is 0. The zero-order valence-corrected chi connectivity index (χ0v) is 5.92. The maximum Gasteiger partial charge on any atom is 0.0319 e. The van der Waals surface area contributed by atoms with Gasteiger partial charge < -0.3 is 0 Å². The van der Waals surface area contributed by atoms with Gasteiger partial charge in [-0.25, -0.2) is 0 Å². The van der Waals surface area contributed by atoms with Crippen LogP contribution < -0.4 is 0 Å². The van der Waals surface area contributed by atoms with Gasteiger partial charge >= 0.3 is 0 Å². The molecular weight excluding hydrogens is 131 g/mol. The van der Waals surface area contributed by atoms with Gasteiger partial charge in [0.25, 0.3) is 0 Å². The summed E-state index contributed by atoms with van der Waals surface area (Å²) in [6.45, 7) is 3.97. The molecule has 0 aromatic rings. The summed E-state index contributed by atoms with van der Waals surface area (Å²) in [6.07, 6.45) is 0. The topological polar surface area (TPSA) is 0 Å². The van der Waals surface area contributed by atoms with Crippen molar-refractivity contribution in [1.82, 2.24) is 0 Å². The van der Waals surface area contributed by atoms with Gasteiger partial charge in [0.15, 0.2) is 0 Å². The number of rotatable bonds is 1. The molecule has 0 unspecified atom stereocenters. The van der Waals surface area contributed by atoms with Crippen molar-refractivity contribution >= 4 is 23.2 Å². The summed E-state index contributed by atoms with van der Waals surface area (Å²) in [5, 5.41) is 0.710. The number of hydrogen-bond acceptors (Lipinski definition) is 0. The van der Waals surface area contributed by atoms with Crippen LogP contribution in [0.25, 0.3) is 0 Å². The maximum absolute atomic E-state index is 5.53. The molecule has 0 amide bonds. The van der Waals surface area contributed by atoms with Crippen LogP contribution in [0, 0.1) is 5.92 Å². The molecule has 42 valence electrons. The summed E-state index contributed by atoms with van der Waals surface area (Å²) in [5.41, 5.74) is 1.40. The van der Waals surface area contributed by atoms with Gasteiger partial charge in [-0.1, -0.05) is 37.0 Å². The highest BCUT2D eigenvalue weighted by Gasteiger charge is 1.94. The molecule has 0 heterocycles. The Hall–Kier alpha value is 0.320. The molecular formula is C5H8Cl2. The Kier molecular flexibility index (Phi) is 3.49. The first kappa shape index (κ1) is 7.32. The zero-order valence-electron chi connectivity index (χ0n) is 4.41. The first-order chi connectivity index (χ1) is 3.18. The Bertz CT molecular complexity index is 74.1. The number of allylic oxidation sites excluding steroid dienone is 1. The fourth-order valence-electron chi connectivity index (χ4n) is 0.126. The standard InChI is InChI=1S/C5H8Cl2/c1-4(2)5(7)3-6/h3-4H,1-2H3/b5-3+. The normalized spacial score (nSPS) is 13.0. The highest BCUT2D eigenvalue weighted by atomic mass is 35.5. The molecule has 0 saturated heterocycles. The molecule has 0 rings (SSSR count). The van der Waals surface area contributed by atoms with Crippen molar-refractivity contribution in [1.29, 1.82) is 0 Å². The number of halogens is 2. The van der Waals surface area contributed by atoms with E-state index in [4.69, 9.17) is 23.2 Å². The molecule has 0 nitrogen and oxygen atoms in total. The van der Waals surface area contributed by atoms with E-state index >= 15 is 0 Å². The minimum Gasteiger partial charge on any atom is -0.0917 e. The van der Waals surface area contributed by atoms with Crippen LogP contribution in [-0.2, 0) is 0 Å². The van der Waals surface area contributed by atoms with Gasteiger partial charge in [-0.2, -0.15) is 0 Å². The van der Waals surface area contributed by atoms with E-state index in [1.54, 1.807) is 0 Å². The summed E-state index contributed by atoms with van der Waals surface area (Å²) < 4.78 is 0. The maximum atomic E-state index is 5.53. The van der Waals surface area contributed by atoms with Crippen LogP contribution in [0.5, 0.6) is 0 Å². The third-order valence-corrected chi connectivity index (χ3v) is 1.55. The first-order valence-corrected chi connectivity index (χ1v) is 2.95. The van der Waals surface area contributed by atoms with Crippen LogP contribution in [0.15, 0.2) is 10.6 Å². The van der Waals surface area contributed by atoms with Gasteiger partial charge in [-0.15, -0.1) is 0 Å². The van der Waals surface area contributed by atoms with Gasteiger partial charge in [-0.05, 0) is 5.92 Å². The molecule has 0 aromatic carbocycles. The molecule has 0 aromatic heterocycles. The van der Waals surface area contributed by atoms with Gasteiger partial charge in [0.2, 0.25) is 0 Å². The van der Waals surface area contributed by atoms with Crippen molar-refractivity contribution in [2.45, 2.75) is 13.8 Å². The van der Waals surface area contributed by atoms with Crippen LogP contribution in [0.2, 0.25) is 0 Å². The van der Waals surface area contributed by atoms with E-state index in [9.17, 15) is 0 Å². The minimum absolute atomic E-state index is 0.360. The van der Waals surface area contributed by atoms with Crippen LogP contribution >= 0.6 is 23.2 Å². The molecule has 2 heteroatoms. The first-order valence-electron chi connectivity index (χ1n) is 2.14. The van der Waals surface area contributed by atoms with Gasteiger partial charge in [0.1, 0.15) is 0 Å². The van der Waals surface area contributed by atoms with Crippen molar-refractivity contribution in [3.05, 3.63) is 10.6 Å². The van der Waals surface area contributed by atoms with E-state index in [2.05, 4.69) is 0 Å². The van der Waals surface area contributed by atoms with Crippen molar-refractivity contribution in [2.75, 3.05) is 0 Å². The zero-order chi connectivity index (χ0) is 5.86. The average Bonchev–Trinajstić information content (AvgIpc) is 1.65. The fraction of sp³-hybridized carbons (Fsp3) is 0.600. The minimum atomic E-state index is 0.360. The lowest BCUT2D eigenvalue weighted by molar-refractivity contribution is 0.815. The van der Waals surface area contributed by atoms with Crippen LogP contribution in [-0.4, -0.2) is 0 Å². The van der Waals surface area contributed by atoms with Crippen molar-refractivity contribution in [2.24, 2.45) is 5.92 Å². The molecule has 7 heavy (non-hydrogen) atoms. The van der Waals surface area contributed by atoms with Crippen molar-refractivity contribution in [3.63, 3.8) is 0 Å². The quantitative estimate of drug-likeness (QED) is 0.523. The predicted octanol–water partition coefficient (Wildman–Crippen LogP) is 2.96. The molecule has 0 fully saturated rings. The molecule has 0 radical (unpaired) electrons. The van der Waals surface area contributed by atoms with E-state index in [0.717, 1.165) is 0 Å². The third kappa shape index (κ3) is 2.95. The summed E-state index contributed by atoms with van der Waals surface area (Å²) in [7, 11) is 0. The monoisotopic (exact) mass is 138 g/mol.